The van der Waals surface area contributed by atoms with Crippen LogP contribution < -0.4 is 5.32 Å². The van der Waals surface area contributed by atoms with Gasteiger partial charge in [-0.05, 0) is 36.6 Å². The second-order valence-corrected chi connectivity index (χ2v) is 11.2. The molecule has 1 N–H and O–H groups in total. The van der Waals surface area contributed by atoms with Gasteiger partial charge in [-0.3, -0.25) is 0 Å². The van der Waals surface area contributed by atoms with Crippen molar-refractivity contribution in [1.82, 2.24) is 0 Å². The van der Waals surface area contributed by atoms with Crippen molar-refractivity contribution in [2.45, 2.75) is 28.7 Å². The Morgan fingerprint density at radius 1 is 1.00 bits per heavy atom. The van der Waals surface area contributed by atoms with E-state index in [9.17, 15) is 16.8 Å². The van der Waals surface area contributed by atoms with Crippen molar-refractivity contribution in [3.8, 4) is 0 Å². The fraction of sp³-hybridized carbons (Fsp3) is 0.400. The van der Waals surface area contributed by atoms with E-state index in [0.29, 0.717) is 18.8 Å². The van der Waals surface area contributed by atoms with E-state index < -0.39 is 19.7 Å². The molecule has 1 heterocycles. The van der Waals surface area contributed by atoms with Gasteiger partial charge in [-0.2, -0.15) is 0 Å². The zero-order valence-corrected chi connectivity index (χ0v) is 17.6. The van der Waals surface area contributed by atoms with Crippen molar-refractivity contribution in [3.05, 3.63) is 54.1 Å². The highest BCUT2D eigenvalue weighted by molar-refractivity contribution is 7.91. The minimum Gasteiger partial charge on any atom is -0.384 e. The third-order valence-corrected chi connectivity index (χ3v) is 7.16. The SMILES string of the molecule is CS(=O)(=O)c1ccc(NC[C@@H]2CCCO[C@H]2c2ccccc2)c(S(C)(=O)=O)c1. The van der Waals surface area contributed by atoms with Crippen molar-refractivity contribution in [3.63, 3.8) is 0 Å². The molecule has 0 amide bonds. The molecule has 2 aromatic rings. The number of rotatable bonds is 6. The average molecular weight is 424 g/mol. The van der Waals surface area contributed by atoms with E-state index in [2.05, 4.69) is 5.32 Å². The summed E-state index contributed by atoms with van der Waals surface area (Å²) in [5.41, 5.74) is 1.51. The Morgan fingerprint density at radius 2 is 1.71 bits per heavy atom. The molecule has 6 nitrogen and oxygen atoms in total. The van der Waals surface area contributed by atoms with E-state index in [1.807, 2.05) is 30.3 Å². The minimum atomic E-state index is -3.59. The molecule has 1 fully saturated rings. The lowest BCUT2D eigenvalue weighted by Gasteiger charge is -2.32. The van der Waals surface area contributed by atoms with Gasteiger partial charge < -0.3 is 10.1 Å². The van der Waals surface area contributed by atoms with Gasteiger partial charge in [-0.15, -0.1) is 0 Å². The lowest BCUT2D eigenvalue weighted by atomic mass is 9.89. The molecule has 1 aliphatic rings. The molecule has 8 heteroatoms. The summed E-state index contributed by atoms with van der Waals surface area (Å²) in [5.74, 6) is 0.179. The van der Waals surface area contributed by atoms with Crippen molar-refractivity contribution in [2.24, 2.45) is 5.92 Å². The second kappa shape index (κ2) is 8.23. The van der Waals surface area contributed by atoms with Gasteiger partial charge in [0.2, 0.25) is 0 Å². The predicted octanol–water partition coefficient (Wildman–Crippen LogP) is 3.07. The molecule has 0 unspecified atom stereocenters. The number of sulfone groups is 2. The summed E-state index contributed by atoms with van der Waals surface area (Å²) < 4.78 is 54.0. The van der Waals surface area contributed by atoms with Gasteiger partial charge in [0.1, 0.15) is 0 Å². The van der Waals surface area contributed by atoms with Crippen LogP contribution in [0.1, 0.15) is 24.5 Å². The van der Waals surface area contributed by atoms with Gasteiger partial charge in [-0.1, -0.05) is 30.3 Å². The highest BCUT2D eigenvalue weighted by Crippen LogP contribution is 2.34. The number of hydrogen-bond donors (Lipinski definition) is 1. The fourth-order valence-corrected chi connectivity index (χ4v) is 5.09. The number of ether oxygens (including phenoxy) is 1. The Balaban J connectivity index is 1.85. The third kappa shape index (κ3) is 4.92. The van der Waals surface area contributed by atoms with Crippen molar-refractivity contribution in [1.29, 1.82) is 0 Å². The summed E-state index contributed by atoms with van der Waals surface area (Å²) in [4.78, 5) is -0.0231. The van der Waals surface area contributed by atoms with E-state index in [0.717, 1.165) is 30.9 Å². The summed E-state index contributed by atoms with van der Waals surface area (Å²) >= 11 is 0. The van der Waals surface area contributed by atoms with Crippen molar-refractivity contribution >= 4 is 25.4 Å². The van der Waals surface area contributed by atoms with Gasteiger partial charge in [0, 0.05) is 31.6 Å². The molecule has 0 spiro atoms. The largest absolute Gasteiger partial charge is 0.384 e. The van der Waals surface area contributed by atoms with E-state index in [-0.39, 0.29) is 21.8 Å². The van der Waals surface area contributed by atoms with Gasteiger partial charge in [0.15, 0.2) is 19.7 Å². The third-order valence-electron chi connectivity index (χ3n) is 4.91. The number of hydrogen-bond acceptors (Lipinski definition) is 6. The molecule has 0 aromatic heterocycles. The summed E-state index contributed by atoms with van der Waals surface area (Å²) in [6, 6.07) is 14.2. The predicted molar refractivity (Wildman–Crippen MR) is 109 cm³/mol. The molecule has 0 radical (unpaired) electrons. The molecule has 2 atom stereocenters. The first-order valence-corrected chi connectivity index (χ1v) is 12.9. The van der Waals surface area contributed by atoms with Crippen LogP contribution in [0.3, 0.4) is 0 Å². The van der Waals surface area contributed by atoms with Gasteiger partial charge in [0.05, 0.1) is 21.6 Å². The first kappa shape index (κ1) is 20.8. The first-order valence-electron chi connectivity index (χ1n) is 9.11. The molecule has 0 bridgehead atoms. The second-order valence-electron chi connectivity index (χ2n) is 7.19. The van der Waals surface area contributed by atoms with Crippen molar-refractivity contribution < 1.29 is 21.6 Å². The van der Waals surface area contributed by atoms with Crippen LogP contribution in [0.5, 0.6) is 0 Å². The van der Waals surface area contributed by atoms with Crippen LogP contribution in [0.15, 0.2) is 58.3 Å². The lowest BCUT2D eigenvalue weighted by Crippen LogP contribution is -2.28. The summed E-state index contributed by atoms with van der Waals surface area (Å²) in [7, 11) is -7.09. The maximum atomic E-state index is 12.2. The zero-order chi connectivity index (χ0) is 20.4. The smallest absolute Gasteiger partial charge is 0.177 e. The molecular weight excluding hydrogens is 398 g/mol. The molecule has 1 aliphatic heterocycles. The Hall–Kier alpha value is -1.90. The molecule has 1 saturated heterocycles. The molecule has 2 aromatic carbocycles. The van der Waals surface area contributed by atoms with Crippen LogP contribution in [0.25, 0.3) is 0 Å². The summed E-state index contributed by atoms with van der Waals surface area (Å²) in [6.07, 6.45) is 3.99. The van der Waals surface area contributed by atoms with E-state index in [1.54, 1.807) is 0 Å². The maximum absolute atomic E-state index is 12.2. The Kier molecular flexibility index (Phi) is 6.12. The van der Waals surface area contributed by atoms with Crippen LogP contribution in [-0.2, 0) is 24.4 Å². The quantitative estimate of drug-likeness (QED) is 0.768. The Bertz CT molecular complexity index is 1030. The Labute approximate surface area is 166 Å². The monoisotopic (exact) mass is 423 g/mol. The molecular formula is C20H25NO5S2. The number of anilines is 1. The van der Waals surface area contributed by atoms with E-state index in [1.165, 1.54) is 18.2 Å². The summed E-state index contributed by atoms with van der Waals surface area (Å²) in [5, 5.41) is 3.21. The van der Waals surface area contributed by atoms with Crippen molar-refractivity contribution in [2.75, 3.05) is 31.0 Å². The molecule has 152 valence electrons. The minimum absolute atomic E-state index is 0.0107. The van der Waals surface area contributed by atoms with E-state index in [4.69, 9.17) is 4.74 Å². The van der Waals surface area contributed by atoms with Gasteiger partial charge in [0.25, 0.3) is 0 Å². The van der Waals surface area contributed by atoms with E-state index >= 15 is 0 Å². The highest BCUT2D eigenvalue weighted by Gasteiger charge is 2.28. The molecule has 3 rings (SSSR count). The van der Waals surface area contributed by atoms with Gasteiger partial charge in [-0.25, -0.2) is 16.8 Å². The number of benzene rings is 2. The van der Waals surface area contributed by atoms with Crippen LogP contribution >= 0.6 is 0 Å². The normalized spacial score (nSPS) is 20.6. The molecule has 0 aliphatic carbocycles. The fourth-order valence-electron chi connectivity index (χ4n) is 3.49. The highest BCUT2D eigenvalue weighted by atomic mass is 32.2. The topological polar surface area (TPSA) is 89.5 Å². The van der Waals surface area contributed by atoms with Gasteiger partial charge >= 0.3 is 0 Å². The van der Waals surface area contributed by atoms with Crippen LogP contribution in [0.2, 0.25) is 0 Å². The molecule has 28 heavy (non-hydrogen) atoms. The van der Waals surface area contributed by atoms with Crippen LogP contribution in [0, 0.1) is 5.92 Å². The lowest BCUT2D eigenvalue weighted by molar-refractivity contribution is -0.0238. The Morgan fingerprint density at radius 3 is 2.36 bits per heavy atom. The number of nitrogens with one attached hydrogen (secondary N) is 1. The first-order chi connectivity index (χ1) is 13.2. The summed E-state index contributed by atoms with van der Waals surface area (Å²) in [6.45, 7) is 1.23. The average Bonchev–Trinajstić information content (AvgIpc) is 2.65. The zero-order valence-electron chi connectivity index (χ0n) is 16.0. The maximum Gasteiger partial charge on any atom is 0.177 e. The standard InChI is InChI=1S/C20H25NO5S2/c1-27(22,23)17-10-11-18(19(13-17)28(2,24)25)21-14-16-9-6-12-26-20(16)15-7-4-3-5-8-15/h3-5,7-8,10-11,13,16,20-21H,6,9,12,14H2,1-2H3/t16-,20-/m0/s1. The molecule has 0 saturated carbocycles. The van der Waals surface area contributed by atoms with Crippen LogP contribution in [0.4, 0.5) is 5.69 Å². The van der Waals surface area contributed by atoms with Crippen LogP contribution in [-0.4, -0.2) is 42.5 Å².